The molecule has 1 aliphatic heterocycles. The van der Waals surface area contributed by atoms with Crippen molar-refractivity contribution in [2.45, 2.75) is 57.5 Å². The molecule has 6 nitrogen and oxygen atoms in total. The van der Waals surface area contributed by atoms with E-state index in [2.05, 4.69) is 20.4 Å². The average Bonchev–Trinajstić information content (AvgIpc) is 2.95. The fourth-order valence-corrected chi connectivity index (χ4v) is 4.41. The number of amides is 2. The molecule has 1 saturated heterocycles. The van der Waals surface area contributed by atoms with E-state index in [1.54, 1.807) is 11.0 Å². The highest BCUT2D eigenvalue weighted by atomic mass is 19.1. The van der Waals surface area contributed by atoms with Crippen LogP contribution < -0.4 is 10.2 Å². The SMILES string of the molecule is CN(Cc1n[nH]c2c1CCCCC2)C(=O)NC1CCN(c2ccccc2F)CC1. The molecular formula is C22H30FN5O. The molecule has 0 saturated carbocycles. The molecule has 1 aromatic heterocycles. The summed E-state index contributed by atoms with van der Waals surface area (Å²) in [5, 5.41) is 10.8. The maximum absolute atomic E-state index is 14.0. The molecule has 2 amide bonds. The lowest BCUT2D eigenvalue weighted by molar-refractivity contribution is 0.199. The smallest absolute Gasteiger partial charge is 0.317 e. The predicted molar refractivity (Wildman–Crippen MR) is 111 cm³/mol. The van der Waals surface area contributed by atoms with Crippen LogP contribution in [0.1, 0.15) is 49.1 Å². The fraction of sp³-hybridized carbons (Fsp3) is 0.545. The summed E-state index contributed by atoms with van der Waals surface area (Å²) >= 11 is 0. The van der Waals surface area contributed by atoms with Crippen molar-refractivity contribution in [3.8, 4) is 0 Å². The molecule has 2 aromatic rings. The Hall–Kier alpha value is -2.57. The molecule has 1 aromatic carbocycles. The molecule has 7 heteroatoms. The number of carbonyl (C=O) groups is 1. The number of piperidine rings is 1. The van der Waals surface area contributed by atoms with Gasteiger partial charge >= 0.3 is 6.03 Å². The summed E-state index contributed by atoms with van der Waals surface area (Å²) in [6.07, 6.45) is 7.37. The van der Waals surface area contributed by atoms with Gasteiger partial charge in [0.05, 0.1) is 17.9 Å². The van der Waals surface area contributed by atoms with Gasteiger partial charge in [0, 0.05) is 31.9 Å². The number of halogens is 1. The number of benzene rings is 1. The lowest BCUT2D eigenvalue weighted by Gasteiger charge is -2.34. The van der Waals surface area contributed by atoms with Crippen molar-refractivity contribution >= 4 is 11.7 Å². The third-order valence-electron chi connectivity index (χ3n) is 6.14. The zero-order chi connectivity index (χ0) is 20.2. The lowest BCUT2D eigenvalue weighted by Crippen LogP contribution is -2.48. The minimum absolute atomic E-state index is 0.0697. The number of para-hydroxylation sites is 1. The minimum atomic E-state index is -0.187. The summed E-state index contributed by atoms with van der Waals surface area (Å²) in [5.74, 6) is -0.187. The van der Waals surface area contributed by atoms with Crippen LogP contribution in [0.15, 0.2) is 24.3 Å². The number of nitrogens with one attached hydrogen (secondary N) is 2. The molecule has 2 N–H and O–H groups in total. The first-order valence-corrected chi connectivity index (χ1v) is 10.7. The summed E-state index contributed by atoms with van der Waals surface area (Å²) in [7, 11) is 1.82. The van der Waals surface area contributed by atoms with Crippen molar-refractivity contribution in [1.29, 1.82) is 0 Å². The van der Waals surface area contributed by atoms with E-state index >= 15 is 0 Å². The van der Waals surface area contributed by atoms with E-state index in [9.17, 15) is 9.18 Å². The Bertz CT molecular complexity index is 843. The van der Waals surface area contributed by atoms with E-state index < -0.39 is 0 Å². The van der Waals surface area contributed by atoms with Crippen LogP contribution in [0, 0.1) is 5.82 Å². The van der Waals surface area contributed by atoms with E-state index in [0.29, 0.717) is 12.2 Å². The molecular weight excluding hydrogens is 369 g/mol. The number of rotatable bonds is 4. The number of H-pyrrole nitrogens is 1. The van der Waals surface area contributed by atoms with Crippen LogP contribution in [0.4, 0.5) is 14.9 Å². The normalized spacial score (nSPS) is 17.5. The number of anilines is 1. The highest BCUT2D eigenvalue weighted by Crippen LogP contribution is 2.24. The number of urea groups is 1. The Morgan fingerprint density at radius 2 is 2.00 bits per heavy atom. The van der Waals surface area contributed by atoms with E-state index in [-0.39, 0.29) is 17.9 Å². The Labute approximate surface area is 171 Å². The van der Waals surface area contributed by atoms with E-state index in [1.807, 2.05) is 19.2 Å². The molecule has 29 heavy (non-hydrogen) atoms. The summed E-state index contributed by atoms with van der Waals surface area (Å²) in [4.78, 5) is 16.5. The first-order chi connectivity index (χ1) is 14.1. The van der Waals surface area contributed by atoms with Crippen molar-refractivity contribution in [3.05, 3.63) is 47.0 Å². The number of aryl methyl sites for hydroxylation is 1. The third-order valence-corrected chi connectivity index (χ3v) is 6.14. The highest BCUT2D eigenvalue weighted by Gasteiger charge is 2.24. The van der Waals surface area contributed by atoms with Crippen molar-refractivity contribution in [2.75, 3.05) is 25.0 Å². The number of fused-ring (bicyclic) bond motifs is 1. The molecule has 156 valence electrons. The molecule has 2 heterocycles. The third kappa shape index (κ3) is 4.54. The van der Waals surface area contributed by atoms with Crippen molar-refractivity contribution < 1.29 is 9.18 Å². The number of nitrogens with zero attached hydrogens (tertiary/aromatic N) is 3. The maximum Gasteiger partial charge on any atom is 0.317 e. The van der Waals surface area contributed by atoms with Gasteiger partial charge in [0.25, 0.3) is 0 Å². The number of hydrogen-bond acceptors (Lipinski definition) is 3. The predicted octanol–water partition coefficient (Wildman–Crippen LogP) is 3.63. The van der Waals surface area contributed by atoms with E-state index in [4.69, 9.17) is 0 Å². The van der Waals surface area contributed by atoms with Gasteiger partial charge in [0.1, 0.15) is 5.82 Å². The molecule has 0 bridgehead atoms. The Balaban J connectivity index is 1.29. The molecule has 0 atom stereocenters. The highest BCUT2D eigenvalue weighted by molar-refractivity contribution is 5.74. The lowest BCUT2D eigenvalue weighted by atomic mass is 10.0. The van der Waals surface area contributed by atoms with Gasteiger partial charge in [0.15, 0.2) is 0 Å². The Morgan fingerprint density at radius 3 is 2.79 bits per heavy atom. The first-order valence-electron chi connectivity index (χ1n) is 10.7. The summed E-state index contributed by atoms with van der Waals surface area (Å²) < 4.78 is 14.0. The van der Waals surface area contributed by atoms with Gasteiger partial charge in [-0.1, -0.05) is 18.6 Å². The number of aromatic nitrogens is 2. The van der Waals surface area contributed by atoms with Gasteiger partial charge < -0.3 is 15.1 Å². The van der Waals surface area contributed by atoms with Crippen LogP contribution in [0.3, 0.4) is 0 Å². The minimum Gasteiger partial charge on any atom is -0.369 e. The molecule has 1 fully saturated rings. The van der Waals surface area contributed by atoms with Crippen LogP contribution in [0.25, 0.3) is 0 Å². The van der Waals surface area contributed by atoms with Gasteiger partial charge in [-0.15, -0.1) is 0 Å². The van der Waals surface area contributed by atoms with E-state index in [1.165, 1.54) is 36.6 Å². The van der Waals surface area contributed by atoms with Gasteiger partial charge in [-0.2, -0.15) is 5.10 Å². The van der Waals surface area contributed by atoms with Crippen molar-refractivity contribution in [2.24, 2.45) is 0 Å². The number of carbonyl (C=O) groups excluding carboxylic acids is 1. The van der Waals surface area contributed by atoms with Gasteiger partial charge in [0.2, 0.25) is 0 Å². The van der Waals surface area contributed by atoms with E-state index in [0.717, 1.165) is 44.5 Å². The van der Waals surface area contributed by atoms with Gasteiger partial charge in [-0.05, 0) is 56.2 Å². The van der Waals surface area contributed by atoms with Crippen LogP contribution in [-0.4, -0.2) is 47.3 Å². The molecule has 2 aliphatic rings. The first kappa shape index (κ1) is 19.7. The summed E-state index contributed by atoms with van der Waals surface area (Å²) in [5.41, 5.74) is 4.19. The zero-order valence-corrected chi connectivity index (χ0v) is 17.1. The van der Waals surface area contributed by atoms with Crippen molar-refractivity contribution in [3.63, 3.8) is 0 Å². The van der Waals surface area contributed by atoms with Crippen LogP contribution >= 0.6 is 0 Å². The monoisotopic (exact) mass is 399 g/mol. The maximum atomic E-state index is 14.0. The summed E-state index contributed by atoms with van der Waals surface area (Å²) in [6.45, 7) is 2.00. The summed E-state index contributed by atoms with van der Waals surface area (Å²) in [6, 6.07) is 6.92. The number of aromatic amines is 1. The van der Waals surface area contributed by atoms with Crippen LogP contribution in [-0.2, 0) is 19.4 Å². The quantitative estimate of drug-likeness (QED) is 0.772. The fourth-order valence-electron chi connectivity index (χ4n) is 4.41. The molecule has 0 spiro atoms. The van der Waals surface area contributed by atoms with Crippen LogP contribution in [0.5, 0.6) is 0 Å². The Kier molecular flexibility index (Phi) is 6.02. The molecule has 0 unspecified atom stereocenters. The topological polar surface area (TPSA) is 64.3 Å². The van der Waals surface area contributed by atoms with Crippen LogP contribution in [0.2, 0.25) is 0 Å². The number of hydrogen-bond donors (Lipinski definition) is 2. The van der Waals surface area contributed by atoms with Gasteiger partial charge in [-0.25, -0.2) is 9.18 Å². The molecule has 0 radical (unpaired) electrons. The largest absolute Gasteiger partial charge is 0.369 e. The standard InChI is InChI=1S/C22H30FN5O/c1-27(15-20-17-7-3-2-4-9-19(17)25-26-20)22(29)24-16-11-13-28(14-12-16)21-10-6-5-8-18(21)23/h5-6,8,10,16H,2-4,7,9,11-15H2,1H3,(H,24,29)(H,25,26). The second kappa shape index (κ2) is 8.84. The average molecular weight is 400 g/mol. The van der Waals surface area contributed by atoms with Gasteiger partial charge in [-0.3, -0.25) is 5.10 Å². The zero-order valence-electron chi connectivity index (χ0n) is 17.1. The Morgan fingerprint density at radius 1 is 1.24 bits per heavy atom. The second-order valence-electron chi connectivity index (χ2n) is 8.21. The molecule has 4 rings (SSSR count). The molecule has 1 aliphatic carbocycles. The second-order valence-corrected chi connectivity index (χ2v) is 8.21. The van der Waals surface area contributed by atoms with Crippen molar-refractivity contribution in [1.82, 2.24) is 20.4 Å².